The molecule has 4 saturated carbocycles. The minimum Gasteiger partial charge on any atom is -0.396 e. The van der Waals surface area contributed by atoms with E-state index < -0.39 is 20.0 Å². The van der Waals surface area contributed by atoms with Crippen molar-refractivity contribution in [1.82, 2.24) is 8.61 Å². The minimum atomic E-state index is -3.91. The van der Waals surface area contributed by atoms with Gasteiger partial charge in [-0.2, -0.15) is 8.61 Å². The fourth-order valence-corrected chi connectivity index (χ4v) is 13.3. The van der Waals surface area contributed by atoms with Gasteiger partial charge in [-0.15, -0.1) is 0 Å². The normalized spacial score (nSPS) is 31.3. The Labute approximate surface area is 282 Å². The highest BCUT2D eigenvalue weighted by molar-refractivity contribution is 7.89. The van der Waals surface area contributed by atoms with Crippen molar-refractivity contribution in [3.63, 3.8) is 0 Å². The molecule has 6 rings (SSSR count). The first-order valence-corrected chi connectivity index (χ1v) is 20.8. The van der Waals surface area contributed by atoms with Gasteiger partial charge in [-0.05, 0) is 93.9 Å². The summed E-state index contributed by atoms with van der Waals surface area (Å²) in [5, 5.41) is 21.3. The second-order valence-electron chi connectivity index (χ2n) is 14.9. The van der Waals surface area contributed by atoms with Gasteiger partial charge in [0.1, 0.15) is 0 Å². The van der Waals surface area contributed by atoms with Crippen molar-refractivity contribution in [2.24, 2.45) is 35.5 Å². The number of aryl methyl sites for hydroxylation is 2. The van der Waals surface area contributed by atoms with Crippen molar-refractivity contribution in [3.8, 4) is 0 Å². The van der Waals surface area contributed by atoms with Crippen LogP contribution in [0.3, 0.4) is 0 Å². The number of benzene rings is 2. The number of rotatable bonds is 12. The van der Waals surface area contributed by atoms with Crippen LogP contribution in [0.25, 0.3) is 0 Å². The van der Waals surface area contributed by atoms with E-state index in [0.29, 0.717) is 30.1 Å². The maximum Gasteiger partial charge on any atom is 0.243 e. The van der Waals surface area contributed by atoms with Crippen LogP contribution in [-0.2, 0) is 20.0 Å². The Balaban J connectivity index is 1.32. The van der Waals surface area contributed by atoms with Gasteiger partial charge in [0.2, 0.25) is 20.0 Å². The third-order valence-corrected chi connectivity index (χ3v) is 16.2. The number of nitrogens with zero attached hydrogens (tertiary/aromatic N) is 2. The Bertz CT molecular complexity index is 1450. The lowest BCUT2D eigenvalue weighted by atomic mass is 9.78. The first-order valence-electron chi connectivity index (χ1n) is 17.9. The molecule has 4 aliphatic carbocycles. The van der Waals surface area contributed by atoms with Crippen LogP contribution in [0.4, 0.5) is 0 Å². The number of aliphatic hydroxyl groups is 2. The summed E-state index contributed by atoms with van der Waals surface area (Å²) < 4.78 is 60.9. The molecule has 0 unspecified atom stereocenters. The molecule has 0 aliphatic heterocycles. The van der Waals surface area contributed by atoms with E-state index in [2.05, 4.69) is 0 Å². The van der Waals surface area contributed by atoms with Crippen LogP contribution < -0.4 is 0 Å². The molecule has 4 fully saturated rings. The SMILES string of the molecule is Cc1ccc(S(=O)(=O)N(CCCN([C@H]2C[C@H]3CCCC[C@@H]3[C@H]2CO)S(=O)(=O)c2ccc(C)cc2)[C@H]2C[C@H]3CCCC[C@@H]3[C@H]2CO)cc1. The number of fused-ring (bicyclic) bond motifs is 2. The topological polar surface area (TPSA) is 115 Å². The van der Waals surface area contributed by atoms with Gasteiger partial charge < -0.3 is 10.2 Å². The van der Waals surface area contributed by atoms with E-state index in [4.69, 9.17) is 0 Å². The summed E-state index contributed by atoms with van der Waals surface area (Å²) in [6.45, 7) is 4.09. The van der Waals surface area contributed by atoms with Gasteiger partial charge in [-0.3, -0.25) is 0 Å². The van der Waals surface area contributed by atoms with Gasteiger partial charge in [-0.1, -0.05) is 73.9 Å². The van der Waals surface area contributed by atoms with Gasteiger partial charge in [0.15, 0.2) is 0 Å². The van der Waals surface area contributed by atoms with E-state index in [0.717, 1.165) is 75.3 Å². The first-order chi connectivity index (χ1) is 22.6. The molecule has 4 aliphatic rings. The summed E-state index contributed by atoms with van der Waals surface area (Å²) in [5.74, 6) is 1.13. The molecule has 2 N–H and O–H groups in total. The van der Waals surface area contributed by atoms with Gasteiger partial charge in [-0.25, -0.2) is 16.8 Å². The zero-order valence-electron chi connectivity index (χ0n) is 28.1. The Morgan fingerprint density at radius 2 is 0.957 bits per heavy atom. The number of hydrogen-bond acceptors (Lipinski definition) is 6. The molecule has 10 heteroatoms. The molecule has 8 atom stereocenters. The molecular weight excluding hydrogens is 633 g/mol. The summed E-state index contributed by atoms with van der Waals surface area (Å²) in [4.78, 5) is 0.470. The highest BCUT2D eigenvalue weighted by Gasteiger charge is 2.50. The first kappa shape index (κ1) is 35.0. The summed E-state index contributed by atoms with van der Waals surface area (Å²) in [7, 11) is -7.83. The van der Waals surface area contributed by atoms with Crippen molar-refractivity contribution in [3.05, 3.63) is 59.7 Å². The molecular formula is C37H54N2O6S2. The second kappa shape index (κ2) is 14.6. The lowest BCUT2D eigenvalue weighted by Gasteiger charge is -2.36. The average Bonchev–Trinajstić information content (AvgIpc) is 3.62. The van der Waals surface area contributed by atoms with Gasteiger partial charge in [0.25, 0.3) is 0 Å². The molecule has 0 amide bonds. The van der Waals surface area contributed by atoms with Crippen LogP contribution in [-0.4, -0.2) is 74.0 Å². The summed E-state index contributed by atoms with van der Waals surface area (Å²) >= 11 is 0. The molecule has 0 saturated heterocycles. The quantitative estimate of drug-likeness (QED) is 0.294. The Morgan fingerprint density at radius 1 is 0.596 bits per heavy atom. The monoisotopic (exact) mass is 686 g/mol. The van der Waals surface area contributed by atoms with E-state index in [1.807, 2.05) is 38.1 Å². The van der Waals surface area contributed by atoms with Crippen LogP contribution in [0.15, 0.2) is 58.3 Å². The minimum absolute atomic E-state index is 0.0529. The smallest absolute Gasteiger partial charge is 0.243 e. The maximum absolute atomic E-state index is 14.4. The third kappa shape index (κ3) is 6.97. The van der Waals surface area contributed by atoms with Crippen LogP contribution in [0.2, 0.25) is 0 Å². The van der Waals surface area contributed by atoms with E-state index in [-0.39, 0.29) is 60.0 Å². The van der Waals surface area contributed by atoms with Crippen molar-refractivity contribution in [2.75, 3.05) is 26.3 Å². The Kier molecular flexibility index (Phi) is 10.9. The molecule has 0 radical (unpaired) electrons. The molecule has 0 spiro atoms. The number of sulfonamides is 2. The van der Waals surface area contributed by atoms with E-state index in [1.54, 1.807) is 32.9 Å². The van der Waals surface area contributed by atoms with Crippen molar-refractivity contribution < 1.29 is 27.0 Å². The molecule has 0 bridgehead atoms. The van der Waals surface area contributed by atoms with Crippen molar-refractivity contribution in [2.45, 2.75) is 106 Å². The van der Waals surface area contributed by atoms with Crippen molar-refractivity contribution in [1.29, 1.82) is 0 Å². The molecule has 260 valence electrons. The van der Waals surface area contributed by atoms with Crippen LogP contribution >= 0.6 is 0 Å². The number of hydrogen-bond donors (Lipinski definition) is 2. The zero-order chi connectivity index (χ0) is 33.3. The largest absolute Gasteiger partial charge is 0.396 e. The summed E-state index contributed by atoms with van der Waals surface area (Å²) in [6.07, 6.45) is 10.4. The maximum atomic E-state index is 14.4. The predicted octanol–water partition coefficient (Wildman–Crippen LogP) is 5.75. The van der Waals surface area contributed by atoms with E-state index in [9.17, 15) is 27.0 Å². The standard InChI is InChI=1S/C37H54N2O6S2/c1-26-12-16-30(17-13-26)46(42,43)38(36-22-28-8-3-5-10-32(28)34(36)24-40)20-7-21-39(47(44,45)31-18-14-27(2)15-19-31)37-23-29-9-4-6-11-33(29)35(37)25-41/h12-19,28-29,32-37,40-41H,3-11,20-25H2,1-2H3/t28-,29-,32+,33+,34-,35-,36+,37+/m1/s1. The summed E-state index contributed by atoms with van der Waals surface area (Å²) in [5.41, 5.74) is 1.95. The van der Waals surface area contributed by atoms with Crippen molar-refractivity contribution >= 4 is 20.0 Å². The van der Waals surface area contributed by atoms with E-state index >= 15 is 0 Å². The summed E-state index contributed by atoms with van der Waals surface area (Å²) in [6, 6.07) is 13.2. The second-order valence-corrected chi connectivity index (χ2v) is 18.7. The molecule has 47 heavy (non-hydrogen) atoms. The fourth-order valence-electron chi connectivity index (χ4n) is 9.90. The average molecular weight is 687 g/mol. The lowest BCUT2D eigenvalue weighted by molar-refractivity contribution is 0.115. The van der Waals surface area contributed by atoms with Crippen LogP contribution in [0.1, 0.15) is 81.8 Å². The van der Waals surface area contributed by atoms with Crippen LogP contribution in [0, 0.1) is 49.4 Å². The third-order valence-electron chi connectivity index (χ3n) is 12.3. The predicted molar refractivity (Wildman–Crippen MR) is 184 cm³/mol. The van der Waals surface area contributed by atoms with Gasteiger partial charge in [0.05, 0.1) is 9.79 Å². The Morgan fingerprint density at radius 3 is 1.32 bits per heavy atom. The Hall–Kier alpha value is -1.82. The highest BCUT2D eigenvalue weighted by atomic mass is 32.2. The lowest BCUT2D eigenvalue weighted by Crippen LogP contribution is -2.47. The molecule has 2 aromatic carbocycles. The molecule has 8 nitrogen and oxygen atoms in total. The molecule has 2 aromatic rings. The van der Waals surface area contributed by atoms with Gasteiger partial charge in [0, 0.05) is 50.2 Å². The van der Waals surface area contributed by atoms with E-state index in [1.165, 1.54) is 0 Å². The molecule has 0 heterocycles. The molecule has 0 aromatic heterocycles. The number of aliphatic hydroxyl groups excluding tert-OH is 2. The highest BCUT2D eigenvalue weighted by Crippen LogP contribution is 2.50. The zero-order valence-corrected chi connectivity index (χ0v) is 29.7. The van der Waals surface area contributed by atoms with Crippen LogP contribution in [0.5, 0.6) is 0 Å². The fraction of sp³-hybridized carbons (Fsp3) is 0.676. The van der Waals surface area contributed by atoms with Gasteiger partial charge >= 0.3 is 0 Å².